The monoisotopic (exact) mass is 259 g/mol. The molecule has 0 aromatic carbocycles. The summed E-state index contributed by atoms with van der Waals surface area (Å²) in [5.41, 5.74) is 5.51. The molecule has 3 N–H and O–H groups in total. The van der Waals surface area contributed by atoms with Crippen LogP contribution in [0.1, 0.15) is 12.1 Å². The van der Waals surface area contributed by atoms with Crippen LogP contribution in [-0.2, 0) is 17.8 Å². The minimum absolute atomic E-state index is 0.322. The van der Waals surface area contributed by atoms with Gasteiger partial charge >= 0.3 is 5.97 Å². The fraction of sp³-hybridized carbons (Fsp3) is 0.500. The second-order valence-corrected chi connectivity index (χ2v) is 4.31. The van der Waals surface area contributed by atoms with Gasteiger partial charge < -0.3 is 15.4 Å². The van der Waals surface area contributed by atoms with Crippen LogP contribution < -0.4 is 5.73 Å². The number of hydrogen-bond donors (Lipinski definition) is 2. The maximum Gasteiger partial charge on any atom is 0.324 e. The lowest BCUT2D eigenvalue weighted by molar-refractivity contribution is -0.144. The van der Waals surface area contributed by atoms with E-state index in [4.69, 9.17) is 10.8 Å². The second-order valence-electron chi connectivity index (χ2n) is 3.56. The highest BCUT2D eigenvalue weighted by Gasteiger charge is 2.38. The Morgan fingerprint density at radius 1 is 1.79 bits per heavy atom. The van der Waals surface area contributed by atoms with Crippen molar-refractivity contribution in [3.8, 4) is 0 Å². The normalized spacial score (nSPS) is 25.9. The van der Waals surface area contributed by atoms with Crippen molar-refractivity contribution in [3.05, 3.63) is 16.6 Å². The molecule has 0 saturated carbocycles. The zero-order valence-corrected chi connectivity index (χ0v) is 8.99. The molecular weight excluding hydrogens is 250 g/mol. The van der Waals surface area contributed by atoms with Gasteiger partial charge in [0.2, 0.25) is 0 Å². The smallest absolute Gasteiger partial charge is 0.324 e. The van der Waals surface area contributed by atoms with Crippen molar-refractivity contribution in [1.82, 2.24) is 9.55 Å². The third-order valence-electron chi connectivity index (χ3n) is 2.60. The largest absolute Gasteiger partial charge is 0.480 e. The minimum atomic E-state index is -1.14. The SMILES string of the molecule is NC1(C(=O)O)CCn2cnc(Br)c2C1. The molecule has 0 amide bonds. The number of aryl methyl sites for hydroxylation is 1. The van der Waals surface area contributed by atoms with Gasteiger partial charge in [-0.15, -0.1) is 0 Å². The van der Waals surface area contributed by atoms with Crippen molar-refractivity contribution in [3.63, 3.8) is 0 Å². The average Bonchev–Trinajstić information content (AvgIpc) is 2.48. The maximum atomic E-state index is 10.9. The number of carbonyl (C=O) groups is 1. The maximum absolute atomic E-state index is 10.9. The van der Waals surface area contributed by atoms with Crippen molar-refractivity contribution in [2.45, 2.75) is 24.9 Å². The Bertz CT molecular complexity index is 390. The van der Waals surface area contributed by atoms with Crippen LogP contribution in [0.25, 0.3) is 0 Å². The number of fused-ring (bicyclic) bond motifs is 1. The highest BCUT2D eigenvalue weighted by Crippen LogP contribution is 2.27. The number of aliphatic carboxylic acids is 1. The van der Waals surface area contributed by atoms with Crippen molar-refractivity contribution >= 4 is 21.9 Å². The zero-order chi connectivity index (χ0) is 10.3. The first-order valence-electron chi connectivity index (χ1n) is 4.25. The predicted octanol–water partition coefficient (Wildman–Crippen LogP) is 0.374. The van der Waals surface area contributed by atoms with Gasteiger partial charge in [-0.25, -0.2) is 4.98 Å². The Hall–Kier alpha value is -0.880. The Morgan fingerprint density at radius 2 is 2.50 bits per heavy atom. The summed E-state index contributed by atoms with van der Waals surface area (Å²) in [6.07, 6.45) is 2.46. The number of nitrogens with two attached hydrogens (primary N) is 1. The van der Waals surface area contributed by atoms with Gasteiger partial charge in [-0.05, 0) is 22.4 Å². The van der Waals surface area contributed by atoms with Crippen LogP contribution in [0.15, 0.2) is 10.9 Å². The van der Waals surface area contributed by atoms with E-state index in [1.54, 1.807) is 6.33 Å². The van der Waals surface area contributed by atoms with Gasteiger partial charge in [0.25, 0.3) is 0 Å². The van der Waals surface area contributed by atoms with Gasteiger partial charge in [0.15, 0.2) is 0 Å². The number of nitrogens with zero attached hydrogens (tertiary/aromatic N) is 2. The van der Waals surface area contributed by atoms with Crippen LogP contribution in [0.2, 0.25) is 0 Å². The Labute approximate surface area is 89.1 Å². The molecule has 6 heteroatoms. The molecule has 76 valence electrons. The zero-order valence-electron chi connectivity index (χ0n) is 7.40. The Morgan fingerprint density at radius 3 is 3.14 bits per heavy atom. The van der Waals surface area contributed by atoms with Crippen molar-refractivity contribution < 1.29 is 9.90 Å². The molecule has 0 saturated heterocycles. The fourth-order valence-electron chi connectivity index (χ4n) is 1.64. The highest BCUT2D eigenvalue weighted by atomic mass is 79.9. The molecule has 0 aliphatic carbocycles. The summed E-state index contributed by atoms with van der Waals surface area (Å²) in [5, 5.41) is 8.98. The Kier molecular flexibility index (Phi) is 2.11. The molecule has 0 radical (unpaired) electrons. The third kappa shape index (κ3) is 1.34. The lowest BCUT2D eigenvalue weighted by Crippen LogP contribution is -2.53. The molecule has 1 aliphatic rings. The molecule has 1 atom stereocenters. The lowest BCUT2D eigenvalue weighted by Gasteiger charge is -2.30. The highest BCUT2D eigenvalue weighted by molar-refractivity contribution is 9.10. The first-order chi connectivity index (χ1) is 6.53. The van der Waals surface area contributed by atoms with E-state index in [0.717, 1.165) is 5.69 Å². The molecule has 5 nitrogen and oxygen atoms in total. The van der Waals surface area contributed by atoms with E-state index < -0.39 is 11.5 Å². The van der Waals surface area contributed by atoms with Crippen LogP contribution >= 0.6 is 15.9 Å². The van der Waals surface area contributed by atoms with E-state index in [9.17, 15) is 4.79 Å². The minimum Gasteiger partial charge on any atom is -0.480 e. The van der Waals surface area contributed by atoms with Crippen molar-refractivity contribution in [2.24, 2.45) is 5.73 Å². The second kappa shape index (κ2) is 3.06. The van der Waals surface area contributed by atoms with Gasteiger partial charge in [-0.1, -0.05) is 0 Å². The number of carboxylic acids is 1. The number of carboxylic acid groups (broad SMARTS) is 1. The predicted molar refractivity (Wildman–Crippen MR) is 52.8 cm³/mol. The van der Waals surface area contributed by atoms with Gasteiger partial charge in [-0.3, -0.25) is 4.79 Å². The van der Waals surface area contributed by atoms with Gasteiger partial charge in [0.1, 0.15) is 10.1 Å². The van der Waals surface area contributed by atoms with Crippen LogP contribution in [-0.4, -0.2) is 26.2 Å². The first-order valence-corrected chi connectivity index (χ1v) is 5.04. The van der Waals surface area contributed by atoms with Crippen LogP contribution in [0.4, 0.5) is 0 Å². The molecule has 1 unspecified atom stereocenters. The fourth-order valence-corrected chi connectivity index (χ4v) is 2.10. The van der Waals surface area contributed by atoms with Crippen LogP contribution in [0.5, 0.6) is 0 Å². The number of imidazole rings is 1. The summed E-state index contributed by atoms with van der Waals surface area (Å²) in [6.45, 7) is 0.608. The van der Waals surface area contributed by atoms with Gasteiger partial charge in [-0.2, -0.15) is 0 Å². The molecule has 2 heterocycles. The molecule has 1 aliphatic heterocycles. The van der Waals surface area contributed by atoms with E-state index in [2.05, 4.69) is 20.9 Å². The summed E-state index contributed by atoms with van der Waals surface area (Å²) in [4.78, 5) is 15.0. The van der Waals surface area contributed by atoms with Crippen LogP contribution in [0.3, 0.4) is 0 Å². The summed E-state index contributed by atoms with van der Waals surface area (Å²) in [6, 6.07) is 0. The molecule has 1 aromatic rings. The standard InChI is InChI=1S/C8H10BrN3O2/c9-6-5-3-8(10,7(13)14)1-2-12(5)4-11-6/h4H,1-3,10H2,(H,13,14). The summed E-state index contributed by atoms with van der Waals surface area (Å²) >= 11 is 3.27. The van der Waals surface area contributed by atoms with E-state index in [0.29, 0.717) is 24.0 Å². The van der Waals surface area contributed by atoms with E-state index in [-0.39, 0.29) is 0 Å². The first kappa shape index (κ1) is 9.67. The van der Waals surface area contributed by atoms with E-state index in [1.165, 1.54) is 0 Å². The summed E-state index contributed by atoms with van der Waals surface area (Å²) < 4.78 is 2.62. The Balaban J connectivity index is 2.37. The van der Waals surface area contributed by atoms with E-state index >= 15 is 0 Å². The number of rotatable bonds is 1. The van der Waals surface area contributed by atoms with Crippen molar-refractivity contribution in [2.75, 3.05) is 0 Å². The van der Waals surface area contributed by atoms with Gasteiger partial charge in [0, 0.05) is 13.0 Å². The van der Waals surface area contributed by atoms with E-state index in [1.807, 2.05) is 4.57 Å². The summed E-state index contributed by atoms with van der Waals surface area (Å²) in [7, 11) is 0. The number of hydrogen-bond acceptors (Lipinski definition) is 3. The quantitative estimate of drug-likeness (QED) is 0.764. The lowest BCUT2D eigenvalue weighted by atomic mass is 9.88. The molecule has 0 fully saturated rings. The number of halogens is 1. The molecular formula is C8H10BrN3O2. The average molecular weight is 260 g/mol. The molecule has 1 aromatic heterocycles. The number of aromatic nitrogens is 2. The molecule has 0 spiro atoms. The van der Waals surface area contributed by atoms with Crippen LogP contribution in [0, 0.1) is 0 Å². The molecule has 14 heavy (non-hydrogen) atoms. The van der Waals surface area contributed by atoms with Crippen molar-refractivity contribution in [1.29, 1.82) is 0 Å². The molecule has 2 rings (SSSR count). The summed E-state index contributed by atoms with van der Waals surface area (Å²) in [5.74, 6) is -0.947. The topological polar surface area (TPSA) is 81.1 Å². The third-order valence-corrected chi connectivity index (χ3v) is 3.27. The van der Waals surface area contributed by atoms with Gasteiger partial charge in [0.05, 0.1) is 12.0 Å². The molecule has 0 bridgehead atoms.